The smallest absolute Gasteiger partial charge is 0.243 e. The van der Waals surface area contributed by atoms with Crippen molar-refractivity contribution >= 4 is 17.7 Å². The second kappa shape index (κ2) is 6.16. The highest BCUT2D eigenvalue weighted by molar-refractivity contribution is 6.08. The van der Waals surface area contributed by atoms with Crippen molar-refractivity contribution in [2.24, 2.45) is 23.7 Å². The van der Waals surface area contributed by atoms with Crippen molar-refractivity contribution in [2.45, 2.75) is 38.0 Å². The van der Waals surface area contributed by atoms with E-state index in [2.05, 4.69) is 12.2 Å². The molecule has 0 radical (unpaired) electrons. The van der Waals surface area contributed by atoms with Crippen LogP contribution in [0.1, 0.15) is 25.7 Å². The van der Waals surface area contributed by atoms with Crippen LogP contribution >= 0.6 is 0 Å². The number of ether oxygens (including phenoxy) is 2. The summed E-state index contributed by atoms with van der Waals surface area (Å²) in [6.07, 6.45) is 7.43. The molecule has 5 unspecified atom stereocenters. The van der Waals surface area contributed by atoms with E-state index in [-0.39, 0.29) is 60.3 Å². The Balaban J connectivity index is 1.30. The lowest BCUT2D eigenvalue weighted by Crippen LogP contribution is -2.53. The third-order valence-corrected chi connectivity index (χ3v) is 6.69. The van der Waals surface area contributed by atoms with Crippen LogP contribution in [0.4, 0.5) is 0 Å². The van der Waals surface area contributed by atoms with Gasteiger partial charge in [-0.25, -0.2) is 0 Å². The molecule has 4 fully saturated rings. The lowest BCUT2D eigenvalue weighted by molar-refractivity contribution is -0.156. The molecular weight excluding hydrogens is 336 g/mol. The number of nitrogens with zero attached hydrogens (tertiary/aromatic N) is 2. The summed E-state index contributed by atoms with van der Waals surface area (Å²) in [5.74, 6) is -0.642. The molecule has 0 aromatic carbocycles. The standard InChI is InChI=1S/C19H24N2O5/c22-14(20-6-2-1-3-13(20)19-25-7-8-26-19)10-21-17(23)15-11-4-5-12(9-11)16(15)18(21)24/h4-5,11-13,15-16,19H,1-3,6-10H2. The van der Waals surface area contributed by atoms with Gasteiger partial charge in [-0.1, -0.05) is 12.2 Å². The van der Waals surface area contributed by atoms with Crippen molar-refractivity contribution in [3.63, 3.8) is 0 Å². The third kappa shape index (κ3) is 2.36. The molecule has 5 rings (SSSR count). The van der Waals surface area contributed by atoms with Gasteiger partial charge in [-0.05, 0) is 37.5 Å². The molecule has 1 saturated carbocycles. The van der Waals surface area contributed by atoms with Crippen molar-refractivity contribution in [1.29, 1.82) is 0 Å². The van der Waals surface area contributed by atoms with Gasteiger partial charge in [0.15, 0.2) is 6.29 Å². The molecule has 140 valence electrons. The molecule has 0 spiro atoms. The first-order valence-electron chi connectivity index (χ1n) is 9.71. The first kappa shape index (κ1) is 16.4. The zero-order valence-corrected chi connectivity index (χ0v) is 14.7. The summed E-state index contributed by atoms with van der Waals surface area (Å²) in [5, 5.41) is 0. The van der Waals surface area contributed by atoms with Crippen LogP contribution in [0.3, 0.4) is 0 Å². The molecule has 3 heterocycles. The molecule has 2 aliphatic carbocycles. The molecule has 3 aliphatic heterocycles. The van der Waals surface area contributed by atoms with Gasteiger partial charge in [0.05, 0.1) is 31.1 Å². The second-order valence-electron chi connectivity index (χ2n) is 8.02. The zero-order valence-electron chi connectivity index (χ0n) is 14.7. The van der Waals surface area contributed by atoms with E-state index in [9.17, 15) is 14.4 Å². The van der Waals surface area contributed by atoms with Crippen LogP contribution in [-0.2, 0) is 23.9 Å². The van der Waals surface area contributed by atoms with E-state index < -0.39 is 0 Å². The predicted molar refractivity (Wildman–Crippen MR) is 89.5 cm³/mol. The quantitative estimate of drug-likeness (QED) is 0.543. The number of imide groups is 1. The first-order chi connectivity index (χ1) is 12.6. The maximum atomic E-state index is 13.0. The lowest BCUT2D eigenvalue weighted by atomic mass is 9.85. The Morgan fingerprint density at radius 3 is 2.35 bits per heavy atom. The number of fused-ring (bicyclic) bond motifs is 5. The Kier molecular flexibility index (Phi) is 3.90. The summed E-state index contributed by atoms with van der Waals surface area (Å²) >= 11 is 0. The zero-order chi connectivity index (χ0) is 17.8. The van der Waals surface area contributed by atoms with Crippen LogP contribution in [-0.4, -0.2) is 66.2 Å². The molecule has 26 heavy (non-hydrogen) atoms. The average molecular weight is 360 g/mol. The van der Waals surface area contributed by atoms with Crippen LogP contribution < -0.4 is 0 Å². The molecule has 0 aromatic heterocycles. The van der Waals surface area contributed by atoms with E-state index in [1.807, 2.05) is 0 Å². The van der Waals surface area contributed by atoms with Crippen LogP contribution in [0.25, 0.3) is 0 Å². The summed E-state index contributed by atoms with van der Waals surface area (Å²) in [7, 11) is 0. The summed E-state index contributed by atoms with van der Waals surface area (Å²) in [4.78, 5) is 41.5. The van der Waals surface area contributed by atoms with Gasteiger partial charge in [0, 0.05) is 6.54 Å². The van der Waals surface area contributed by atoms with E-state index in [1.54, 1.807) is 4.90 Å². The highest BCUT2D eigenvalue weighted by Crippen LogP contribution is 2.52. The Morgan fingerprint density at radius 1 is 1.04 bits per heavy atom. The minimum Gasteiger partial charge on any atom is -0.348 e. The van der Waals surface area contributed by atoms with Gasteiger partial charge in [-0.2, -0.15) is 0 Å². The molecule has 2 bridgehead atoms. The normalized spacial score (nSPS) is 39.3. The minimum absolute atomic E-state index is 0.121. The van der Waals surface area contributed by atoms with E-state index in [4.69, 9.17) is 9.47 Å². The number of hydrogen-bond donors (Lipinski definition) is 0. The molecule has 0 aromatic rings. The third-order valence-electron chi connectivity index (χ3n) is 6.69. The van der Waals surface area contributed by atoms with Gasteiger partial charge in [-0.15, -0.1) is 0 Å². The first-order valence-corrected chi connectivity index (χ1v) is 9.71. The van der Waals surface area contributed by atoms with Crippen molar-refractivity contribution in [3.05, 3.63) is 12.2 Å². The monoisotopic (exact) mass is 360 g/mol. The molecular formula is C19H24N2O5. The fourth-order valence-electron chi connectivity index (χ4n) is 5.49. The highest BCUT2D eigenvalue weighted by Gasteiger charge is 2.59. The number of carbonyl (C=O) groups excluding carboxylic acids is 3. The van der Waals surface area contributed by atoms with E-state index >= 15 is 0 Å². The van der Waals surface area contributed by atoms with Crippen LogP contribution in [0.5, 0.6) is 0 Å². The number of carbonyl (C=O) groups is 3. The van der Waals surface area contributed by atoms with Crippen molar-refractivity contribution in [3.8, 4) is 0 Å². The Morgan fingerprint density at radius 2 is 1.69 bits per heavy atom. The fraction of sp³-hybridized carbons (Fsp3) is 0.737. The van der Waals surface area contributed by atoms with Gasteiger partial charge >= 0.3 is 0 Å². The van der Waals surface area contributed by atoms with Gasteiger partial charge < -0.3 is 14.4 Å². The van der Waals surface area contributed by atoms with Gasteiger partial charge in [0.2, 0.25) is 17.7 Å². The summed E-state index contributed by atoms with van der Waals surface area (Å²) in [6, 6.07) is -0.121. The molecule has 7 nitrogen and oxygen atoms in total. The number of rotatable bonds is 3. The van der Waals surface area contributed by atoms with E-state index in [1.165, 1.54) is 4.90 Å². The molecule has 3 amide bonds. The van der Waals surface area contributed by atoms with Crippen molar-refractivity contribution in [2.75, 3.05) is 26.3 Å². The Labute approximate surface area is 152 Å². The SMILES string of the molecule is O=C1C2C3C=CC(C3)C2C(=O)N1CC(=O)N1CCCCC1C1OCCO1. The molecule has 7 heteroatoms. The maximum Gasteiger partial charge on any atom is 0.243 e. The summed E-state index contributed by atoms with van der Waals surface area (Å²) in [6.45, 7) is 1.58. The second-order valence-corrected chi connectivity index (χ2v) is 8.02. The largest absolute Gasteiger partial charge is 0.348 e. The fourth-order valence-corrected chi connectivity index (χ4v) is 5.49. The van der Waals surface area contributed by atoms with Gasteiger partial charge in [0.25, 0.3) is 0 Å². The van der Waals surface area contributed by atoms with Crippen molar-refractivity contribution in [1.82, 2.24) is 9.80 Å². The molecule has 0 N–H and O–H groups in total. The molecule has 3 saturated heterocycles. The number of hydrogen-bond acceptors (Lipinski definition) is 5. The maximum absolute atomic E-state index is 13.0. The van der Waals surface area contributed by atoms with E-state index in [0.717, 1.165) is 25.7 Å². The highest BCUT2D eigenvalue weighted by atomic mass is 16.7. The lowest BCUT2D eigenvalue weighted by Gasteiger charge is -2.38. The summed E-state index contributed by atoms with van der Waals surface area (Å²) in [5.41, 5.74) is 0. The van der Waals surface area contributed by atoms with Crippen molar-refractivity contribution < 1.29 is 23.9 Å². The Bertz CT molecular complexity index is 641. The topological polar surface area (TPSA) is 76.2 Å². The van der Waals surface area contributed by atoms with Gasteiger partial charge in [-0.3, -0.25) is 19.3 Å². The van der Waals surface area contributed by atoms with E-state index in [0.29, 0.717) is 19.8 Å². The number of piperidine rings is 1. The van der Waals surface area contributed by atoms with Crippen LogP contribution in [0.2, 0.25) is 0 Å². The minimum atomic E-state index is -0.386. The van der Waals surface area contributed by atoms with Gasteiger partial charge in [0.1, 0.15) is 6.54 Å². The molecule has 5 aliphatic rings. The Hall–Kier alpha value is -1.73. The number of amides is 3. The summed E-state index contributed by atoms with van der Waals surface area (Å²) < 4.78 is 11.2. The van der Waals surface area contributed by atoms with Crippen LogP contribution in [0.15, 0.2) is 12.2 Å². The molecule has 5 atom stereocenters. The average Bonchev–Trinajstić information content (AvgIpc) is 3.43. The van der Waals surface area contributed by atoms with Crippen LogP contribution in [0, 0.1) is 23.7 Å². The predicted octanol–water partition coefficient (Wildman–Crippen LogP) is 0.548. The number of likely N-dealkylation sites (tertiary alicyclic amines) is 2. The number of allylic oxidation sites excluding steroid dienone is 2.